The third-order valence-electron chi connectivity index (χ3n) is 3.87. The Morgan fingerprint density at radius 2 is 1.88 bits per heavy atom. The van der Waals surface area contributed by atoms with E-state index in [0.717, 1.165) is 25.9 Å². The zero-order chi connectivity index (χ0) is 12.4. The summed E-state index contributed by atoms with van der Waals surface area (Å²) in [7, 11) is 0. The Morgan fingerprint density at radius 1 is 1.24 bits per heavy atom. The van der Waals surface area contributed by atoms with Gasteiger partial charge in [0.2, 0.25) is 0 Å². The van der Waals surface area contributed by atoms with E-state index in [2.05, 4.69) is 5.32 Å². The molecule has 0 spiro atoms. The average molecular weight is 239 g/mol. The van der Waals surface area contributed by atoms with Crippen molar-refractivity contribution >= 4 is 0 Å². The van der Waals surface area contributed by atoms with Crippen molar-refractivity contribution in [1.29, 1.82) is 0 Å². The molecule has 0 aliphatic carbocycles. The van der Waals surface area contributed by atoms with E-state index in [9.17, 15) is 8.78 Å². The molecule has 17 heavy (non-hydrogen) atoms. The average Bonchev–Trinajstić information content (AvgIpc) is 2.35. The number of hydrogen-bond acceptors (Lipinski definition) is 1. The highest BCUT2D eigenvalue weighted by molar-refractivity contribution is 5.29. The molecule has 0 amide bonds. The van der Waals surface area contributed by atoms with Crippen LogP contribution in [0.2, 0.25) is 0 Å². The van der Waals surface area contributed by atoms with Crippen LogP contribution in [0.1, 0.15) is 36.8 Å². The van der Waals surface area contributed by atoms with Crippen molar-refractivity contribution in [2.75, 3.05) is 13.1 Å². The third kappa shape index (κ3) is 2.49. The number of hydrogen-bond donors (Lipinski definition) is 1. The molecule has 1 aliphatic heterocycles. The summed E-state index contributed by atoms with van der Waals surface area (Å²) in [5.74, 6) is -0.436. The van der Waals surface area contributed by atoms with E-state index in [4.69, 9.17) is 0 Å². The lowest BCUT2D eigenvalue weighted by molar-refractivity contribution is 0.319. The molecule has 1 N–H and O–H groups in total. The predicted molar refractivity (Wildman–Crippen MR) is 65.1 cm³/mol. The van der Waals surface area contributed by atoms with Gasteiger partial charge in [-0.1, -0.05) is 13.0 Å². The second-order valence-electron chi connectivity index (χ2n) is 4.97. The summed E-state index contributed by atoms with van der Waals surface area (Å²) in [5, 5.41) is 3.27. The first-order valence-electron chi connectivity index (χ1n) is 6.26. The van der Waals surface area contributed by atoms with Crippen LogP contribution in [0, 0.1) is 24.5 Å². The maximum atomic E-state index is 14.0. The molecule has 1 aromatic rings. The van der Waals surface area contributed by atoms with E-state index in [0.29, 0.717) is 11.5 Å². The lowest BCUT2D eigenvalue weighted by atomic mass is 9.81. The second kappa shape index (κ2) is 5.13. The third-order valence-corrected chi connectivity index (χ3v) is 3.87. The molecule has 1 unspecified atom stereocenters. The topological polar surface area (TPSA) is 12.0 Å². The van der Waals surface area contributed by atoms with E-state index in [-0.39, 0.29) is 17.3 Å². The molecule has 1 nitrogen and oxygen atoms in total. The Morgan fingerprint density at radius 3 is 2.53 bits per heavy atom. The molecule has 1 aliphatic rings. The summed E-state index contributed by atoms with van der Waals surface area (Å²) in [6.07, 6.45) is 1.99. The molecule has 94 valence electrons. The first-order valence-corrected chi connectivity index (χ1v) is 6.26. The summed E-state index contributed by atoms with van der Waals surface area (Å²) in [6, 6.07) is 2.88. The van der Waals surface area contributed by atoms with Crippen molar-refractivity contribution in [3.8, 4) is 0 Å². The van der Waals surface area contributed by atoms with E-state index < -0.39 is 5.82 Å². The first kappa shape index (κ1) is 12.5. The summed E-state index contributed by atoms with van der Waals surface area (Å²) in [4.78, 5) is 0. The normalized spacial score (nSPS) is 19.3. The minimum Gasteiger partial charge on any atom is -0.317 e. The Balaban J connectivity index is 2.29. The number of piperidine rings is 1. The molecular formula is C14H19F2N. The van der Waals surface area contributed by atoms with E-state index in [1.807, 2.05) is 6.92 Å². The van der Waals surface area contributed by atoms with Gasteiger partial charge in [0.15, 0.2) is 0 Å². The Labute approximate surface area is 101 Å². The molecular weight excluding hydrogens is 220 g/mol. The fourth-order valence-corrected chi connectivity index (χ4v) is 2.68. The lowest BCUT2D eigenvalue weighted by Crippen LogP contribution is -2.30. The van der Waals surface area contributed by atoms with Crippen LogP contribution < -0.4 is 5.32 Å². The van der Waals surface area contributed by atoms with E-state index in [1.54, 1.807) is 6.92 Å². The molecule has 1 fully saturated rings. The van der Waals surface area contributed by atoms with Gasteiger partial charge in [0.05, 0.1) is 0 Å². The molecule has 0 radical (unpaired) electrons. The van der Waals surface area contributed by atoms with Gasteiger partial charge in [-0.05, 0) is 56.3 Å². The SMILES string of the molecule is Cc1ccc(F)c(C(C)C2CCNCC2)c1F. The zero-order valence-electron chi connectivity index (χ0n) is 10.4. The van der Waals surface area contributed by atoms with Crippen molar-refractivity contribution in [2.45, 2.75) is 32.6 Å². The minimum absolute atomic E-state index is 0.0444. The number of benzene rings is 1. The van der Waals surface area contributed by atoms with Crippen LogP contribution in [0.25, 0.3) is 0 Å². The lowest BCUT2D eigenvalue weighted by Gasteiger charge is -2.29. The maximum Gasteiger partial charge on any atom is 0.132 e. The van der Waals surface area contributed by atoms with Crippen molar-refractivity contribution in [3.05, 3.63) is 34.9 Å². The Kier molecular flexibility index (Phi) is 3.77. The smallest absolute Gasteiger partial charge is 0.132 e. The molecule has 1 heterocycles. The molecule has 0 saturated carbocycles. The van der Waals surface area contributed by atoms with Gasteiger partial charge < -0.3 is 5.32 Å². The predicted octanol–water partition coefficient (Wildman–Crippen LogP) is 3.38. The number of nitrogens with one attached hydrogen (secondary N) is 1. The van der Waals surface area contributed by atoms with Crippen LogP contribution in [0.3, 0.4) is 0 Å². The van der Waals surface area contributed by atoms with Crippen molar-refractivity contribution in [3.63, 3.8) is 0 Å². The van der Waals surface area contributed by atoms with Crippen LogP contribution in [0.4, 0.5) is 8.78 Å². The van der Waals surface area contributed by atoms with Gasteiger partial charge >= 0.3 is 0 Å². The highest BCUT2D eigenvalue weighted by atomic mass is 19.1. The van der Waals surface area contributed by atoms with Crippen LogP contribution in [0.15, 0.2) is 12.1 Å². The molecule has 3 heteroatoms. The zero-order valence-corrected chi connectivity index (χ0v) is 10.4. The quantitative estimate of drug-likeness (QED) is 0.834. The Hall–Kier alpha value is -0.960. The highest BCUT2D eigenvalue weighted by Crippen LogP contribution is 2.34. The van der Waals surface area contributed by atoms with Crippen molar-refractivity contribution in [2.24, 2.45) is 5.92 Å². The molecule has 0 aromatic heterocycles. The fraction of sp³-hybridized carbons (Fsp3) is 0.571. The van der Waals surface area contributed by atoms with E-state index >= 15 is 0 Å². The molecule has 1 saturated heterocycles. The van der Waals surface area contributed by atoms with E-state index in [1.165, 1.54) is 12.1 Å². The fourth-order valence-electron chi connectivity index (χ4n) is 2.68. The number of aryl methyl sites for hydroxylation is 1. The monoisotopic (exact) mass is 239 g/mol. The largest absolute Gasteiger partial charge is 0.317 e. The van der Waals surface area contributed by atoms with Gasteiger partial charge in [0.25, 0.3) is 0 Å². The Bertz CT molecular complexity index is 397. The standard InChI is InChI=1S/C14H19F2N/c1-9-3-4-12(15)13(14(9)16)10(2)11-5-7-17-8-6-11/h3-4,10-11,17H,5-8H2,1-2H3. The van der Waals surface area contributed by atoms with Gasteiger partial charge in [0, 0.05) is 5.56 Å². The second-order valence-corrected chi connectivity index (χ2v) is 4.97. The van der Waals surface area contributed by atoms with Gasteiger partial charge in [0.1, 0.15) is 11.6 Å². The summed E-state index contributed by atoms with van der Waals surface area (Å²) in [5.41, 5.74) is 0.805. The molecule has 1 atom stereocenters. The van der Waals surface area contributed by atoms with Crippen molar-refractivity contribution < 1.29 is 8.78 Å². The maximum absolute atomic E-state index is 14.0. The van der Waals surface area contributed by atoms with Gasteiger partial charge in [-0.15, -0.1) is 0 Å². The minimum atomic E-state index is -0.404. The first-order chi connectivity index (χ1) is 8.11. The summed E-state index contributed by atoms with van der Waals surface area (Å²) < 4.78 is 27.8. The highest BCUT2D eigenvalue weighted by Gasteiger charge is 2.26. The van der Waals surface area contributed by atoms with Gasteiger partial charge in [-0.2, -0.15) is 0 Å². The van der Waals surface area contributed by atoms with Crippen LogP contribution >= 0.6 is 0 Å². The van der Waals surface area contributed by atoms with Gasteiger partial charge in [-0.3, -0.25) is 0 Å². The molecule has 2 rings (SSSR count). The van der Waals surface area contributed by atoms with Crippen molar-refractivity contribution in [1.82, 2.24) is 5.32 Å². The van der Waals surface area contributed by atoms with Crippen LogP contribution in [-0.2, 0) is 0 Å². The number of rotatable bonds is 2. The van der Waals surface area contributed by atoms with Crippen LogP contribution in [0.5, 0.6) is 0 Å². The van der Waals surface area contributed by atoms with Gasteiger partial charge in [-0.25, -0.2) is 8.78 Å². The number of halogens is 2. The summed E-state index contributed by atoms with van der Waals surface area (Å²) >= 11 is 0. The molecule has 1 aromatic carbocycles. The molecule has 0 bridgehead atoms. The van der Waals surface area contributed by atoms with Crippen LogP contribution in [-0.4, -0.2) is 13.1 Å². The summed E-state index contributed by atoms with van der Waals surface area (Å²) in [6.45, 7) is 5.53.